The van der Waals surface area contributed by atoms with E-state index in [-0.39, 0.29) is 5.56 Å². The number of carboxylic acids is 1. The van der Waals surface area contributed by atoms with Gasteiger partial charge in [-0.2, -0.15) is 0 Å². The smallest absolute Gasteiger partial charge is 0.342 e. The normalized spacial score (nSPS) is 18.6. The van der Waals surface area contributed by atoms with E-state index in [1.54, 1.807) is 0 Å². The van der Waals surface area contributed by atoms with Gasteiger partial charge in [-0.05, 0) is 18.8 Å². The predicted molar refractivity (Wildman–Crippen MR) is 73.1 cm³/mol. The third-order valence-corrected chi connectivity index (χ3v) is 3.66. The van der Waals surface area contributed by atoms with Gasteiger partial charge in [0.15, 0.2) is 0 Å². The van der Waals surface area contributed by atoms with Crippen LogP contribution in [0.2, 0.25) is 0 Å². The van der Waals surface area contributed by atoms with Crippen molar-refractivity contribution in [3.05, 3.63) is 27.9 Å². The first-order valence-corrected chi connectivity index (χ1v) is 6.56. The molecule has 0 amide bonds. The Hall–Kier alpha value is -2.18. The van der Waals surface area contributed by atoms with Crippen molar-refractivity contribution in [3.63, 3.8) is 0 Å². The summed E-state index contributed by atoms with van der Waals surface area (Å²) in [7, 11) is 0. The molecule has 0 radical (unpaired) electrons. The molecule has 0 aliphatic carbocycles. The van der Waals surface area contributed by atoms with Crippen LogP contribution in [0.1, 0.15) is 37.0 Å². The molecule has 108 valence electrons. The number of anilines is 1. The van der Waals surface area contributed by atoms with Crippen molar-refractivity contribution in [1.29, 1.82) is 0 Å². The van der Waals surface area contributed by atoms with Crippen molar-refractivity contribution in [2.75, 3.05) is 11.4 Å². The molecule has 1 fully saturated rings. The van der Waals surface area contributed by atoms with E-state index in [2.05, 4.69) is 18.8 Å². The number of aromatic nitrogens is 1. The molecule has 1 aliphatic heterocycles. The van der Waals surface area contributed by atoms with Gasteiger partial charge in [0.05, 0.1) is 4.92 Å². The van der Waals surface area contributed by atoms with Gasteiger partial charge in [-0.3, -0.25) is 10.1 Å². The number of pyridine rings is 1. The molecule has 1 atom stereocenters. The van der Waals surface area contributed by atoms with E-state index in [1.807, 2.05) is 4.90 Å². The van der Waals surface area contributed by atoms with Gasteiger partial charge < -0.3 is 10.0 Å². The summed E-state index contributed by atoms with van der Waals surface area (Å²) in [5.41, 5.74) is -0.782. The van der Waals surface area contributed by atoms with E-state index >= 15 is 0 Å². The molecule has 1 saturated heterocycles. The number of nitrogens with zero attached hydrogens (tertiary/aromatic N) is 3. The highest BCUT2D eigenvalue weighted by Gasteiger charge is 2.30. The van der Waals surface area contributed by atoms with Crippen LogP contribution in [0.15, 0.2) is 12.3 Å². The first kappa shape index (κ1) is 14.2. The minimum absolute atomic E-state index is 0.297. The van der Waals surface area contributed by atoms with Crippen LogP contribution in [0.25, 0.3) is 0 Å². The van der Waals surface area contributed by atoms with Crippen LogP contribution in [-0.4, -0.2) is 33.6 Å². The molecule has 0 aromatic carbocycles. The van der Waals surface area contributed by atoms with Crippen LogP contribution in [0.5, 0.6) is 0 Å². The molecule has 7 nitrogen and oxygen atoms in total. The van der Waals surface area contributed by atoms with E-state index in [0.29, 0.717) is 17.8 Å². The topological polar surface area (TPSA) is 96.6 Å². The zero-order valence-corrected chi connectivity index (χ0v) is 11.4. The van der Waals surface area contributed by atoms with Gasteiger partial charge in [0.25, 0.3) is 0 Å². The minimum atomic E-state index is -1.30. The Morgan fingerprint density at radius 1 is 1.60 bits per heavy atom. The summed E-state index contributed by atoms with van der Waals surface area (Å²) in [4.78, 5) is 27.4. The van der Waals surface area contributed by atoms with Gasteiger partial charge >= 0.3 is 11.7 Å². The molecule has 1 aliphatic rings. The Balaban J connectivity index is 2.41. The molecule has 0 saturated carbocycles. The largest absolute Gasteiger partial charge is 0.477 e. The third-order valence-electron chi connectivity index (χ3n) is 3.66. The van der Waals surface area contributed by atoms with Crippen LogP contribution in [0.3, 0.4) is 0 Å². The van der Waals surface area contributed by atoms with Gasteiger partial charge in [0.2, 0.25) is 0 Å². The molecule has 2 heterocycles. The van der Waals surface area contributed by atoms with Crippen molar-refractivity contribution in [3.8, 4) is 0 Å². The van der Waals surface area contributed by atoms with Gasteiger partial charge in [-0.25, -0.2) is 9.78 Å². The average Bonchev–Trinajstić information content (AvgIpc) is 2.87. The summed E-state index contributed by atoms with van der Waals surface area (Å²) in [5, 5.41) is 19.9. The summed E-state index contributed by atoms with van der Waals surface area (Å²) < 4.78 is 0. The summed E-state index contributed by atoms with van der Waals surface area (Å²) in [6.07, 6.45) is 3.08. The molecule has 0 bridgehead atoms. The zero-order valence-electron chi connectivity index (χ0n) is 11.4. The maximum atomic E-state index is 11.2. The Morgan fingerprint density at radius 3 is 2.85 bits per heavy atom. The van der Waals surface area contributed by atoms with Crippen LogP contribution in [0.4, 0.5) is 11.5 Å². The molecular formula is C13H17N3O4. The van der Waals surface area contributed by atoms with Gasteiger partial charge in [0.1, 0.15) is 17.6 Å². The number of hydrogen-bond acceptors (Lipinski definition) is 5. The lowest BCUT2D eigenvalue weighted by atomic mass is 10.0. The van der Waals surface area contributed by atoms with E-state index in [1.165, 1.54) is 6.07 Å². The second-order valence-electron chi connectivity index (χ2n) is 5.27. The standard InChI is InChI=1S/C13H17N3O4/c1-8(2)10-4-3-5-15(10)12-6-9(13(17)18)11(7-14-12)16(19)20/h6-8,10H,3-5H2,1-2H3,(H,17,18). The first-order valence-electron chi connectivity index (χ1n) is 6.56. The maximum absolute atomic E-state index is 11.2. The molecule has 20 heavy (non-hydrogen) atoms. The second-order valence-corrected chi connectivity index (χ2v) is 5.27. The average molecular weight is 279 g/mol. The van der Waals surface area contributed by atoms with Crippen molar-refractivity contribution in [1.82, 2.24) is 4.98 Å². The quantitative estimate of drug-likeness (QED) is 0.671. The molecule has 1 aromatic heterocycles. The number of aromatic carboxylic acids is 1. The number of hydrogen-bond donors (Lipinski definition) is 1. The van der Waals surface area contributed by atoms with Crippen LogP contribution in [0, 0.1) is 16.0 Å². The Morgan fingerprint density at radius 2 is 2.30 bits per heavy atom. The van der Waals surface area contributed by atoms with Crippen LogP contribution >= 0.6 is 0 Å². The fourth-order valence-electron chi connectivity index (χ4n) is 2.68. The summed E-state index contributed by atoms with van der Waals surface area (Å²) in [6.45, 7) is 5.01. The zero-order chi connectivity index (χ0) is 14.9. The van der Waals surface area contributed by atoms with E-state index in [9.17, 15) is 14.9 Å². The Labute approximate surface area is 116 Å². The van der Waals surface area contributed by atoms with Crippen LogP contribution in [-0.2, 0) is 0 Å². The van der Waals surface area contributed by atoms with Crippen molar-refractivity contribution in [2.24, 2.45) is 5.92 Å². The summed E-state index contributed by atoms with van der Waals surface area (Å²) in [5.74, 6) is -0.382. The van der Waals surface area contributed by atoms with Crippen LogP contribution < -0.4 is 4.90 Å². The van der Waals surface area contributed by atoms with Gasteiger partial charge in [-0.1, -0.05) is 13.8 Å². The monoisotopic (exact) mass is 279 g/mol. The lowest BCUT2D eigenvalue weighted by Crippen LogP contribution is -2.34. The molecule has 7 heteroatoms. The van der Waals surface area contributed by atoms with E-state index in [0.717, 1.165) is 25.6 Å². The molecule has 2 rings (SSSR count). The number of carbonyl (C=O) groups is 1. The van der Waals surface area contributed by atoms with Crippen molar-refractivity contribution in [2.45, 2.75) is 32.7 Å². The number of rotatable bonds is 4. The minimum Gasteiger partial charge on any atom is -0.477 e. The van der Waals surface area contributed by atoms with Crippen molar-refractivity contribution < 1.29 is 14.8 Å². The Bertz CT molecular complexity index is 544. The summed E-state index contributed by atoms with van der Waals surface area (Å²) in [6, 6.07) is 1.60. The molecule has 0 spiro atoms. The second kappa shape index (κ2) is 5.44. The lowest BCUT2D eigenvalue weighted by molar-refractivity contribution is -0.385. The van der Waals surface area contributed by atoms with Gasteiger partial charge in [-0.15, -0.1) is 0 Å². The van der Waals surface area contributed by atoms with E-state index in [4.69, 9.17) is 5.11 Å². The van der Waals surface area contributed by atoms with E-state index < -0.39 is 16.6 Å². The molecule has 1 unspecified atom stereocenters. The lowest BCUT2D eigenvalue weighted by Gasteiger charge is -2.28. The third kappa shape index (κ3) is 2.56. The summed E-state index contributed by atoms with van der Waals surface area (Å²) >= 11 is 0. The maximum Gasteiger partial charge on any atom is 0.342 e. The fraction of sp³-hybridized carbons (Fsp3) is 0.538. The molecular weight excluding hydrogens is 262 g/mol. The van der Waals surface area contributed by atoms with Crippen molar-refractivity contribution >= 4 is 17.5 Å². The highest BCUT2D eigenvalue weighted by atomic mass is 16.6. The molecule has 1 N–H and O–H groups in total. The predicted octanol–water partition coefficient (Wildman–Crippen LogP) is 2.31. The highest BCUT2D eigenvalue weighted by Crippen LogP contribution is 2.30. The highest BCUT2D eigenvalue weighted by molar-refractivity contribution is 5.93. The molecule has 1 aromatic rings. The Kier molecular flexibility index (Phi) is 3.87. The fourth-order valence-corrected chi connectivity index (χ4v) is 2.68. The van der Waals surface area contributed by atoms with Gasteiger partial charge in [0, 0.05) is 18.7 Å². The number of nitro groups is 1. The first-order chi connectivity index (χ1) is 9.41. The number of carboxylic acid groups (broad SMARTS) is 1. The SMILES string of the molecule is CC(C)C1CCCN1c1cc(C(=O)O)c([N+](=O)[O-])cn1.